The number of morpholine rings is 1. The Hall–Kier alpha value is -2.95. The van der Waals surface area contributed by atoms with Crippen molar-refractivity contribution >= 4 is 5.91 Å². The number of piperazine rings is 1. The fourth-order valence-electron chi connectivity index (χ4n) is 6.20. The van der Waals surface area contributed by atoms with Gasteiger partial charge in [0, 0.05) is 65.1 Å². The lowest BCUT2D eigenvalue weighted by Gasteiger charge is -2.44. The normalized spacial score (nSPS) is 21.3. The Labute approximate surface area is 283 Å². The van der Waals surface area contributed by atoms with Crippen LogP contribution in [0, 0.1) is 6.92 Å². The van der Waals surface area contributed by atoms with Gasteiger partial charge in [0.1, 0.15) is 5.75 Å². The number of rotatable bonds is 14. The number of nitrogens with zero attached hydrogens (tertiary/aromatic N) is 3. The van der Waals surface area contributed by atoms with Gasteiger partial charge < -0.3 is 28.6 Å². The molecule has 15 heteroatoms. The molecule has 0 radical (unpaired) electrons. The molecule has 2 aliphatic heterocycles. The fourth-order valence-corrected chi connectivity index (χ4v) is 6.20. The molecule has 3 atom stereocenters. The summed E-state index contributed by atoms with van der Waals surface area (Å²) < 4.78 is 109. The summed E-state index contributed by atoms with van der Waals surface area (Å²) in [5.74, 6) is -0.336. The molecule has 2 aromatic carbocycles. The van der Waals surface area contributed by atoms with Crippen LogP contribution in [0.2, 0.25) is 0 Å². The molecule has 4 rings (SSSR count). The first-order valence-corrected chi connectivity index (χ1v) is 16.2. The third-order valence-corrected chi connectivity index (χ3v) is 8.93. The SMILES string of the molecule is COCCOCOc1cc(CC2CN(CCN3CCOC(C)[C@H]3COC)CCN2C(=O)c2cc(C(F)(F)F)cc(C(F)(F)F)c2)ccc1C. The number of hydrogen-bond donors (Lipinski definition) is 0. The van der Waals surface area contributed by atoms with Gasteiger partial charge in [0.25, 0.3) is 5.91 Å². The molecule has 2 aliphatic rings. The van der Waals surface area contributed by atoms with Crippen molar-refractivity contribution in [2.24, 2.45) is 0 Å². The van der Waals surface area contributed by atoms with Crippen molar-refractivity contribution in [3.63, 3.8) is 0 Å². The molecule has 0 saturated carbocycles. The van der Waals surface area contributed by atoms with E-state index in [2.05, 4.69) is 9.80 Å². The van der Waals surface area contributed by atoms with Gasteiger partial charge in [-0.05, 0) is 55.7 Å². The van der Waals surface area contributed by atoms with Crippen LogP contribution in [0.15, 0.2) is 36.4 Å². The zero-order chi connectivity index (χ0) is 35.8. The molecule has 2 heterocycles. The van der Waals surface area contributed by atoms with Gasteiger partial charge in [-0.25, -0.2) is 0 Å². The summed E-state index contributed by atoms with van der Waals surface area (Å²) in [5, 5.41) is 0. The Morgan fingerprint density at radius 1 is 0.918 bits per heavy atom. The summed E-state index contributed by atoms with van der Waals surface area (Å²) >= 11 is 0. The minimum Gasteiger partial charge on any atom is -0.467 e. The summed E-state index contributed by atoms with van der Waals surface area (Å²) in [5.41, 5.74) is -2.10. The molecular formula is C34H45F6N3O6. The molecule has 49 heavy (non-hydrogen) atoms. The van der Waals surface area contributed by atoms with E-state index in [1.807, 2.05) is 32.0 Å². The van der Waals surface area contributed by atoms with Crippen LogP contribution in [0.4, 0.5) is 26.3 Å². The second-order valence-electron chi connectivity index (χ2n) is 12.3. The van der Waals surface area contributed by atoms with Crippen molar-refractivity contribution in [3.05, 3.63) is 64.2 Å². The van der Waals surface area contributed by atoms with E-state index in [9.17, 15) is 31.1 Å². The highest BCUT2D eigenvalue weighted by Gasteiger charge is 2.39. The van der Waals surface area contributed by atoms with Gasteiger partial charge in [0.15, 0.2) is 6.79 Å². The highest BCUT2D eigenvalue weighted by Crippen LogP contribution is 2.37. The van der Waals surface area contributed by atoms with Crippen molar-refractivity contribution in [1.29, 1.82) is 0 Å². The monoisotopic (exact) mass is 705 g/mol. The molecule has 0 spiro atoms. The van der Waals surface area contributed by atoms with Crippen LogP contribution in [0.25, 0.3) is 0 Å². The molecule has 0 aromatic heterocycles. The maximum absolute atomic E-state index is 13.9. The molecule has 0 bridgehead atoms. The van der Waals surface area contributed by atoms with Crippen molar-refractivity contribution in [3.8, 4) is 5.75 Å². The van der Waals surface area contributed by atoms with Gasteiger partial charge in [-0.1, -0.05) is 12.1 Å². The summed E-state index contributed by atoms with van der Waals surface area (Å²) in [4.78, 5) is 19.7. The molecule has 0 N–H and O–H groups in total. The van der Waals surface area contributed by atoms with E-state index in [0.29, 0.717) is 70.5 Å². The van der Waals surface area contributed by atoms with Gasteiger partial charge in [0.2, 0.25) is 0 Å². The number of methoxy groups -OCH3 is 2. The van der Waals surface area contributed by atoms with Gasteiger partial charge in [0.05, 0.1) is 49.7 Å². The Morgan fingerprint density at radius 3 is 2.29 bits per heavy atom. The van der Waals surface area contributed by atoms with E-state index < -0.39 is 41.0 Å². The number of ether oxygens (including phenoxy) is 5. The molecule has 0 aliphatic carbocycles. The number of hydrogen-bond acceptors (Lipinski definition) is 8. The van der Waals surface area contributed by atoms with Crippen molar-refractivity contribution in [1.82, 2.24) is 14.7 Å². The minimum absolute atomic E-state index is 0.0171. The minimum atomic E-state index is -5.07. The molecule has 1 amide bonds. The van der Waals surface area contributed by atoms with E-state index in [-0.39, 0.29) is 38.0 Å². The third-order valence-electron chi connectivity index (χ3n) is 8.93. The number of halogens is 6. The molecular weight excluding hydrogens is 660 g/mol. The highest BCUT2D eigenvalue weighted by atomic mass is 19.4. The number of carbonyl (C=O) groups excluding carboxylic acids is 1. The molecule has 2 saturated heterocycles. The lowest BCUT2D eigenvalue weighted by molar-refractivity contribution is -0.143. The lowest BCUT2D eigenvalue weighted by atomic mass is 9.98. The zero-order valence-electron chi connectivity index (χ0n) is 28.2. The Bertz CT molecular complexity index is 1340. The number of aryl methyl sites for hydroxylation is 1. The van der Waals surface area contributed by atoms with E-state index in [4.69, 9.17) is 23.7 Å². The van der Waals surface area contributed by atoms with E-state index in [1.165, 1.54) is 4.90 Å². The highest BCUT2D eigenvalue weighted by molar-refractivity contribution is 5.95. The predicted octanol–water partition coefficient (Wildman–Crippen LogP) is 5.14. The lowest BCUT2D eigenvalue weighted by Crippen LogP contribution is -2.58. The average molecular weight is 706 g/mol. The average Bonchev–Trinajstić information content (AvgIpc) is 3.05. The van der Waals surface area contributed by atoms with Crippen LogP contribution in [0.5, 0.6) is 5.75 Å². The summed E-state index contributed by atoms with van der Waals surface area (Å²) in [6, 6.07) is 6.06. The first-order chi connectivity index (χ1) is 23.2. The first kappa shape index (κ1) is 38.8. The van der Waals surface area contributed by atoms with E-state index in [1.54, 1.807) is 14.2 Å². The maximum Gasteiger partial charge on any atom is 0.416 e. The first-order valence-electron chi connectivity index (χ1n) is 16.2. The second-order valence-corrected chi connectivity index (χ2v) is 12.3. The molecule has 2 unspecified atom stereocenters. The molecule has 2 aromatic rings. The standard InChI is InChI=1S/C34H45F6N3O6/c1-23-5-6-25(16-31(23)49-22-47-14-13-45-3)15-29-20-41(7-9-42-11-12-48-24(2)30(42)21-46-4)8-10-43(29)32(44)26-17-27(33(35,36)37)19-28(18-26)34(38,39)40/h5-6,16-19,24,29-30H,7-15,20-22H2,1-4H3/t24?,29?,30-/m1/s1. The predicted molar refractivity (Wildman–Crippen MR) is 169 cm³/mol. The van der Waals surface area contributed by atoms with Gasteiger partial charge in [-0.2, -0.15) is 26.3 Å². The number of carbonyl (C=O) groups is 1. The van der Waals surface area contributed by atoms with Crippen molar-refractivity contribution < 1.29 is 54.8 Å². The van der Waals surface area contributed by atoms with Gasteiger partial charge in [-0.3, -0.25) is 14.6 Å². The van der Waals surface area contributed by atoms with Gasteiger partial charge in [-0.15, -0.1) is 0 Å². The summed E-state index contributed by atoms with van der Waals surface area (Å²) in [7, 11) is 3.19. The molecule has 2 fully saturated rings. The Kier molecular flexibility index (Phi) is 13.7. The number of amides is 1. The zero-order valence-corrected chi connectivity index (χ0v) is 28.2. The third kappa shape index (κ3) is 10.8. The van der Waals surface area contributed by atoms with Crippen LogP contribution in [0.3, 0.4) is 0 Å². The number of alkyl halides is 6. The van der Waals surface area contributed by atoms with Crippen molar-refractivity contribution in [2.45, 2.75) is 50.8 Å². The topological polar surface area (TPSA) is 72.9 Å². The molecule has 9 nitrogen and oxygen atoms in total. The maximum atomic E-state index is 13.9. The smallest absolute Gasteiger partial charge is 0.416 e. The van der Waals surface area contributed by atoms with Crippen LogP contribution >= 0.6 is 0 Å². The Morgan fingerprint density at radius 2 is 1.63 bits per heavy atom. The fraction of sp³-hybridized carbons (Fsp3) is 0.618. The van der Waals surface area contributed by atoms with Crippen LogP contribution < -0.4 is 4.74 Å². The largest absolute Gasteiger partial charge is 0.467 e. The van der Waals surface area contributed by atoms with Crippen LogP contribution in [-0.4, -0.2) is 126 Å². The molecule has 274 valence electrons. The van der Waals surface area contributed by atoms with Crippen LogP contribution in [0.1, 0.15) is 39.5 Å². The van der Waals surface area contributed by atoms with E-state index in [0.717, 1.165) is 17.7 Å². The van der Waals surface area contributed by atoms with Gasteiger partial charge >= 0.3 is 12.4 Å². The number of benzene rings is 2. The second kappa shape index (κ2) is 17.3. The summed E-state index contributed by atoms with van der Waals surface area (Å²) in [6.07, 6.45) is -9.88. The van der Waals surface area contributed by atoms with Crippen molar-refractivity contribution in [2.75, 3.05) is 86.7 Å². The van der Waals surface area contributed by atoms with Crippen LogP contribution in [-0.2, 0) is 37.7 Å². The Balaban J connectivity index is 1.58. The quantitative estimate of drug-likeness (QED) is 0.152. The van der Waals surface area contributed by atoms with E-state index >= 15 is 0 Å². The summed E-state index contributed by atoms with van der Waals surface area (Å²) in [6.45, 7) is 8.58.